The van der Waals surface area contributed by atoms with Gasteiger partial charge in [0.25, 0.3) is 5.91 Å². The van der Waals surface area contributed by atoms with Gasteiger partial charge in [-0.3, -0.25) is 4.79 Å². The van der Waals surface area contributed by atoms with Crippen LogP contribution >= 0.6 is 0 Å². The third-order valence-electron chi connectivity index (χ3n) is 4.14. The van der Waals surface area contributed by atoms with Crippen molar-refractivity contribution < 1.29 is 9.18 Å². The third-order valence-corrected chi connectivity index (χ3v) is 4.14. The van der Waals surface area contributed by atoms with Gasteiger partial charge in [-0.1, -0.05) is 66.7 Å². The number of carbonyl (C=O) groups excluding carboxylic acids is 1. The van der Waals surface area contributed by atoms with E-state index < -0.39 is 0 Å². The highest BCUT2D eigenvalue weighted by atomic mass is 19.1. The van der Waals surface area contributed by atoms with Gasteiger partial charge in [-0.15, -0.1) is 0 Å². The Kier molecular flexibility index (Phi) is 5.57. The maximum atomic E-state index is 13.9. The van der Waals surface area contributed by atoms with Crippen LogP contribution in [0.15, 0.2) is 78.9 Å². The molecule has 3 heteroatoms. The first kappa shape index (κ1) is 16.9. The van der Waals surface area contributed by atoms with Crippen LogP contribution in [0.4, 0.5) is 4.39 Å². The quantitative estimate of drug-likeness (QED) is 0.712. The highest BCUT2D eigenvalue weighted by Gasteiger charge is 2.12. The van der Waals surface area contributed by atoms with Crippen molar-refractivity contribution in [3.63, 3.8) is 0 Å². The van der Waals surface area contributed by atoms with Crippen LogP contribution in [-0.2, 0) is 12.8 Å². The number of nitrogens with one attached hydrogen (secondary N) is 1. The van der Waals surface area contributed by atoms with Gasteiger partial charge in [-0.05, 0) is 35.2 Å². The van der Waals surface area contributed by atoms with Gasteiger partial charge in [0.1, 0.15) is 5.82 Å². The lowest BCUT2D eigenvalue weighted by atomic mass is 9.99. The fourth-order valence-corrected chi connectivity index (χ4v) is 2.80. The second-order valence-electron chi connectivity index (χ2n) is 5.92. The summed E-state index contributed by atoms with van der Waals surface area (Å²) in [5.41, 5.74) is 3.19. The first-order chi connectivity index (χ1) is 12.2. The van der Waals surface area contributed by atoms with Crippen molar-refractivity contribution in [3.05, 3.63) is 107 Å². The molecule has 1 amide bonds. The van der Waals surface area contributed by atoms with Gasteiger partial charge in [0.05, 0.1) is 0 Å². The molecule has 2 nitrogen and oxygen atoms in total. The molecule has 0 atom stereocenters. The van der Waals surface area contributed by atoms with E-state index in [4.69, 9.17) is 0 Å². The van der Waals surface area contributed by atoms with E-state index in [0.717, 1.165) is 12.0 Å². The largest absolute Gasteiger partial charge is 0.352 e. The number of rotatable bonds is 6. The van der Waals surface area contributed by atoms with Crippen LogP contribution in [0.2, 0.25) is 0 Å². The fourth-order valence-electron chi connectivity index (χ4n) is 2.80. The van der Waals surface area contributed by atoms with Crippen molar-refractivity contribution in [2.45, 2.75) is 12.8 Å². The summed E-state index contributed by atoms with van der Waals surface area (Å²) in [6.07, 6.45) is 1.18. The molecule has 0 unspecified atom stereocenters. The molecule has 0 aliphatic rings. The highest BCUT2D eigenvalue weighted by molar-refractivity contribution is 5.95. The molecule has 25 heavy (non-hydrogen) atoms. The van der Waals surface area contributed by atoms with Gasteiger partial charge in [0.15, 0.2) is 0 Å². The summed E-state index contributed by atoms with van der Waals surface area (Å²) in [5, 5.41) is 2.96. The Labute approximate surface area is 147 Å². The highest BCUT2D eigenvalue weighted by Crippen LogP contribution is 2.17. The molecule has 0 fully saturated rings. The Morgan fingerprint density at radius 3 is 2.20 bits per heavy atom. The van der Waals surface area contributed by atoms with E-state index in [2.05, 4.69) is 5.32 Å². The summed E-state index contributed by atoms with van der Waals surface area (Å²) in [4.78, 5) is 12.5. The van der Waals surface area contributed by atoms with Crippen molar-refractivity contribution in [2.75, 3.05) is 6.54 Å². The minimum atomic E-state index is -0.248. The van der Waals surface area contributed by atoms with Crippen molar-refractivity contribution >= 4 is 5.91 Å². The van der Waals surface area contributed by atoms with E-state index in [0.29, 0.717) is 24.1 Å². The summed E-state index contributed by atoms with van der Waals surface area (Å²) in [5.74, 6) is -0.371. The molecule has 0 aliphatic heterocycles. The summed E-state index contributed by atoms with van der Waals surface area (Å²) in [6, 6.07) is 24.1. The molecule has 0 spiro atoms. The Morgan fingerprint density at radius 1 is 0.800 bits per heavy atom. The summed E-state index contributed by atoms with van der Waals surface area (Å²) >= 11 is 0. The predicted octanol–water partition coefficient (Wildman–Crippen LogP) is 4.39. The molecule has 0 bridgehead atoms. The van der Waals surface area contributed by atoms with Crippen LogP contribution in [-0.4, -0.2) is 12.5 Å². The van der Waals surface area contributed by atoms with E-state index in [1.807, 2.05) is 48.5 Å². The smallest absolute Gasteiger partial charge is 0.251 e. The number of hydrogen-bond acceptors (Lipinski definition) is 1. The minimum Gasteiger partial charge on any atom is -0.352 e. The molecular weight excluding hydrogens is 313 g/mol. The van der Waals surface area contributed by atoms with Crippen molar-refractivity contribution in [1.29, 1.82) is 0 Å². The van der Waals surface area contributed by atoms with Crippen LogP contribution < -0.4 is 5.32 Å². The summed E-state index contributed by atoms with van der Waals surface area (Å²) in [7, 11) is 0. The number of halogens is 1. The zero-order chi connectivity index (χ0) is 17.5. The van der Waals surface area contributed by atoms with Crippen molar-refractivity contribution in [3.8, 4) is 0 Å². The van der Waals surface area contributed by atoms with Crippen LogP contribution in [0.5, 0.6) is 0 Å². The molecule has 1 N–H and O–H groups in total. The summed E-state index contributed by atoms with van der Waals surface area (Å²) < 4.78 is 13.9. The molecule has 3 aromatic carbocycles. The van der Waals surface area contributed by atoms with Gasteiger partial charge in [0, 0.05) is 18.5 Å². The number of hydrogen-bond donors (Lipinski definition) is 1. The van der Waals surface area contributed by atoms with E-state index in [-0.39, 0.29) is 11.7 Å². The zero-order valence-corrected chi connectivity index (χ0v) is 13.9. The SMILES string of the molecule is O=C(NCCc1ccccc1)c1ccccc1Cc1ccccc1F. The Morgan fingerprint density at radius 2 is 1.44 bits per heavy atom. The van der Waals surface area contributed by atoms with Gasteiger partial charge in [-0.2, -0.15) is 0 Å². The minimum absolute atomic E-state index is 0.122. The first-order valence-electron chi connectivity index (χ1n) is 8.37. The monoisotopic (exact) mass is 333 g/mol. The van der Waals surface area contributed by atoms with Crippen LogP contribution in [0.25, 0.3) is 0 Å². The molecule has 126 valence electrons. The van der Waals surface area contributed by atoms with Gasteiger partial charge < -0.3 is 5.32 Å². The lowest BCUT2D eigenvalue weighted by Crippen LogP contribution is -2.26. The Balaban J connectivity index is 1.67. The fraction of sp³-hybridized carbons (Fsp3) is 0.136. The van der Waals surface area contributed by atoms with E-state index in [9.17, 15) is 9.18 Å². The van der Waals surface area contributed by atoms with E-state index in [1.165, 1.54) is 11.6 Å². The average Bonchev–Trinajstić information content (AvgIpc) is 2.65. The molecule has 0 aromatic heterocycles. The Hall–Kier alpha value is -2.94. The van der Waals surface area contributed by atoms with Crippen molar-refractivity contribution in [2.24, 2.45) is 0 Å². The molecule has 0 saturated heterocycles. The molecule has 0 aliphatic carbocycles. The topological polar surface area (TPSA) is 29.1 Å². The Bertz CT molecular complexity index is 845. The number of amides is 1. The molecule has 3 rings (SSSR count). The first-order valence-corrected chi connectivity index (χ1v) is 8.37. The van der Waals surface area contributed by atoms with Crippen LogP contribution in [0.3, 0.4) is 0 Å². The third kappa shape index (κ3) is 4.54. The van der Waals surface area contributed by atoms with Gasteiger partial charge in [0.2, 0.25) is 0 Å². The average molecular weight is 333 g/mol. The van der Waals surface area contributed by atoms with Gasteiger partial charge in [-0.25, -0.2) is 4.39 Å². The lowest BCUT2D eigenvalue weighted by Gasteiger charge is -2.11. The molecule has 0 saturated carbocycles. The molecule has 0 heterocycles. The normalized spacial score (nSPS) is 10.4. The standard InChI is InChI=1S/C22H20FNO/c23-21-13-7-5-11-19(21)16-18-10-4-6-12-20(18)22(25)24-15-14-17-8-2-1-3-9-17/h1-13H,14-16H2,(H,24,25). The second-order valence-corrected chi connectivity index (χ2v) is 5.92. The molecule has 0 radical (unpaired) electrons. The van der Waals surface area contributed by atoms with Crippen molar-refractivity contribution in [1.82, 2.24) is 5.32 Å². The maximum absolute atomic E-state index is 13.9. The van der Waals surface area contributed by atoms with Crippen LogP contribution in [0.1, 0.15) is 27.0 Å². The molecule has 3 aromatic rings. The predicted molar refractivity (Wildman–Crippen MR) is 98.1 cm³/mol. The summed E-state index contributed by atoms with van der Waals surface area (Å²) in [6.45, 7) is 0.566. The van der Waals surface area contributed by atoms with Gasteiger partial charge >= 0.3 is 0 Å². The van der Waals surface area contributed by atoms with E-state index in [1.54, 1.807) is 24.3 Å². The van der Waals surface area contributed by atoms with E-state index >= 15 is 0 Å². The number of carbonyl (C=O) groups is 1. The zero-order valence-electron chi connectivity index (χ0n) is 13.9. The second kappa shape index (κ2) is 8.25. The van der Waals surface area contributed by atoms with Crippen LogP contribution in [0, 0.1) is 5.82 Å². The molecular formula is C22H20FNO. The lowest BCUT2D eigenvalue weighted by molar-refractivity contribution is 0.0953. The maximum Gasteiger partial charge on any atom is 0.251 e. The number of benzene rings is 3.